The number of nitrogens with zero attached hydrogens (tertiary/aromatic N) is 2. The fraction of sp³-hybridized carbons (Fsp3) is 0.286. The number of benzene rings is 2. The van der Waals surface area contributed by atoms with Crippen molar-refractivity contribution < 1.29 is 24.2 Å². The van der Waals surface area contributed by atoms with E-state index in [2.05, 4.69) is 11.9 Å². The minimum Gasteiger partial charge on any atom is -0.507 e. The summed E-state index contributed by atoms with van der Waals surface area (Å²) in [6.45, 7) is 5.80. The molecule has 1 aromatic heterocycles. The molecule has 1 N–H and O–H groups in total. The fourth-order valence-electron chi connectivity index (χ4n) is 4.23. The predicted molar refractivity (Wildman–Crippen MR) is 140 cm³/mol. The molecule has 1 saturated heterocycles. The molecular weight excluding hydrogens is 476 g/mol. The van der Waals surface area contributed by atoms with Crippen molar-refractivity contribution in [3.05, 3.63) is 81.9 Å². The highest BCUT2D eigenvalue weighted by Gasteiger charge is 2.48. The Bertz CT molecular complexity index is 1330. The fourth-order valence-corrected chi connectivity index (χ4v) is 5.21. The maximum Gasteiger partial charge on any atom is 0.301 e. The maximum atomic E-state index is 13.3. The van der Waals surface area contributed by atoms with Gasteiger partial charge in [-0.1, -0.05) is 73.6 Å². The first kappa shape index (κ1) is 25.3. The molecule has 1 fully saturated rings. The topological polar surface area (TPSA) is 96.8 Å². The van der Waals surface area contributed by atoms with E-state index in [4.69, 9.17) is 4.74 Å². The SMILES string of the molecule is CCCCCOc1cccc(C2/C(=C(\O)c3ccccc3)C(=O)C(=O)N2c2nc(C)c(C(C)=O)s2)c1. The molecule has 1 aliphatic rings. The number of thiazole rings is 1. The first-order chi connectivity index (χ1) is 17.3. The predicted octanol–water partition coefficient (Wildman–Crippen LogP) is 5.85. The Morgan fingerprint density at radius 2 is 1.86 bits per heavy atom. The van der Waals surface area contributed by atoms with Crippen molar-refractivity contribution in [2.24, 2.45) is 0 Å². The average Bonchev–Trinajstić information content (AvgIpc) is 3.39. The average molecular weight is 505 g/mol. The summed E-state index contributed by atoms with van der Waals surface area (Å²) in [4.78, 5) is 44.9. The number of hydrogen-bond acceptors (Lipinski definition) is 7. The molecule has 186 valence electrons. The number of aliphatic hydroxyl groups is 1. The highest BCUT2D eigenvalue weighted by atomic mass is 32.1. The van der Waals surface area contributed by atoms with Crippen LogP contribution in [0.5, 0.6) is 5.75 Å². The van der Waals surface area contributed by atoms with Crippen LogP contribution in [0.15, 0.2) is 60.2 Å². The Labute approximate surface area is 214 Å². The number of unbranched alkanes of at least 4 members (excludes halogenated alkanes) is 2. The van der Waals surface area contributed by atoms with Crippen molar-refractivity contribution in [3.8, 4) is 5.75 Å². The van der Waals surface area contributed by atoms with Gasteiger partial charge in [0.05, 0.1) is 28.8 Å². The van der Waals surface area contributed by atoms with Gasteiger partial charge in [0.2, 0.25) is 0 Å². The van der Waals surface area contributed by atoms with Gasteiger partial charge in [-0.15, -0.1) is 0 Å². The van der Waals surface area contributed by atoms with E-state index in [-0.39, 0.29) is 22.2 Å². The molecule has 0 spiro atoms. The Kier molecular flexibility index (Phi) is 7.64. The summed E-state index contributed by atoms with van der Waals surface area (Å²) >= 11 is 1.06. The van der Waals surface area contributed by atoms with Crippen LogP contribution in [0.3, 0.4) is 0 Å². The number of ketones is 2. The number of ether oxygens (including phenoxy) is 1. The van der Waals surface area contributed by atoms with Crippen molar-refractivity contribution in [3.63, 3.8) is 0 Å². The van der Waals surface area contributed by atoms with Crippen LogP contribution in [0.1, 0.15) is 65.6 Å². The van der Waals surface area contributed by atoms with Gasteiger partial charge in [0.25, 0.3) is 5.78 Å². The van der Waals surface area contributed by atoms with Gasteiger partial charge in [-0.05, 0) is 31.0 Å². The number of hydrogen-bond donors (Lipinski definition) is 1. The van der Waals surface area contributed by atoms with E-state index in [0.29, 0.717) is 34.1 Å². The van der Waals surface area contributed by atoms with E-state index >= 15 is 0 Å². The Hall–Kier alpha value is -3.78. The van der Waals surface area contributed by atoms with E-state index in [1.807, 2.05) is 6.07 Å². The Morgan fingerprint density at radius 1 is 1.11 bits per heavy atom. The zero-order chi connectivity index (χ0) is 25.8. The molecule has 0 saturated carbocycles. The quantitative estimate of drug-likeness (QED) is 0.129. The van der Waals surface area contributed by atoms with Crippen LogP contribution in [0.2, 0.25) is 0 Å². The second-order valence-corrected chi connectivity index (χ2v) is 9.61. The molecule has 0 radical (unpaired) electrons. The summed E-state index contributed by atoms with van der Waals surface area (Å²) in [5.74, 6) is -1.45. The lowest BCUT2D eigenvalue weighted by atomic mass is 9.95. The van der Waals surface area contributed by atoms with Gasteiger partial charge in [0.15, 0.2) is 10.9 Å². The minimum atomic E-state index is -0.935. The summed E-state index contributed by atoms with van der Waals surface area (Å²) < 4.78 is 5.91. The van der Waals surface area contributed by atoms with Crippen LogP contribution in [0.25, 0.3) is 5.76 Å². The summed E-state index contributed by atoms with van der Waals surface area (Å²) in [7, 11) is 0. The van der Waals surface area contributed by atoms with Crippen molar-refractivity contribution >= 4 is 39.7 Å². The maximum absolute atomic E-state index is 13.3. The summed E-state index contributed by atoms with van der Waals surface area (Å²) in [5.41, 5.74) is 1.47. The number of carbonyl (C=O) groups is 3. The van der Waals surface area contributed by atoms with Crippen LogP contribution in [-0.4, -0.2) is 34.2 Å². The van der Waals surface area contributed by atoms with E-state index in [1.165, 1.54) is 11.8 Å². The molecule has 1 amide bonds. The molecule has 7 nitrogen and oxygen atoms in total. The second-order valence-electron chi connectivity index (χ2n) is 8.63. The number of aryl methyl sites for hydroxylation is 1. The number of Topliss-reactive ketones (excluding diaryl/α,β-unsaturated/α-hetero) is 2. The van der Waals surface area contributed by atoms with Crippen molar-refractivity contribution in [2.45, 2.75) is 46.1 Å². The van der Waals surface area contributed by atoms with Crippen LogP contribution >= 0.6 is 11.3 Å². The smallest absolute Gasteiger partial charge is 0.301 e. The van der Waals surface area contributed by atoms with Gasteiger partial charge in [-0.3, -0.25) is 19.3 Å². The lowest BCUT2D eigenvalue weighted by Gasteiger charge is -2.23. The molecule has 2 heterocycles. The van der Waals surface area contributed by atoms with Crippen LogP contribution in [0.4, 0.5) is 5.13 Å². The number of rotatable bonds is 9. The number of aliphatic hydroxyl groups excluding tert-OH is 1. The van der Waals surface area contributed by atoms with Crippen molar-refractivity contribution in [1.82, 2.24) is 4.98 Å². The third-order valence-electron chi connectivity index (χ3n) is 5.99. The highest BCUT2D eigenvalue weighted by Crippen LogP contribution is 2.44. The molecule has 4 rings (SSSR count). The van der Waals surface area contributed by atoms with E-state index in [9.17, 15) is 19.5 Å². The van der Waals surface area contributed by atoms with Crippen molar-refractivity contribution in [2.75, 3.05) is 11.5 Å². The number of aromatic nitrogens is 1. The molecule has 2 aromatic carbocycles. The molecule has 8 heteroatoms. The van der Waals surface area contributed by atoms with Gasteiger partial charge >= 0.3 is 5.91 Å². The summed E-state index contributed by atoms with van der Waals surface area (Å²) in [6.07, 6.45) is 3.05. The standard InChI is InChI=1S/C28H28N2O5S/c1-4-5-9-15-35-21-14-10-13-20(16-21)23-22(24(32)19-11-7-6-8-12-19)25(33)27(34)30(23)28-29-17(2)26(36-28)18(3)31/h6-8,10-14,16,23,32H,4-5,9,15H2,1-3H3/b24-22+. The van der Waals surface area contributed by atoms with Gasteiger partial charge in [-0.2, -0.15) is 0 Å². The molecule has 3 aromatic rings. The van der Waals surface area contributed by atoms with Gasteiger partial charge in [0.1, 0.15) is 11.5 Å². The molecule has 0 bridgehead atoms. The first-order valence-corrected chi connectivity index (χ1v) is 12.7. The van der Waals surface area contributed by atoms with Crippen LogP contribution < -0.4 is 9.64 Å². The van der Waals surface area contributed by atoms with Gasteiger partial charge in [-0.25, -0.2) is 4.98 Å². The summed E-state index contributed by atoms with van der Waals surface area (Å²) in [6, 6.07) is 14.9. The minimum absolute atomic E-state index is 0.0356. The lowest BCUT2D eigenvalue weighted by Crippen LogP contribution is -2.29. The Morgan fingerprint density at radius 3 is 2.53 bits per heavy atom. The summed E-state index contributed by atoms with van der Waals surface area (Å²) in [5, 5.41) is 11.4. The van der Waals surface area contributed by atoms with Crippen LogP contribution in [0, 0.1) is 6.92 Å². The highest BCUT2D eigenvalue weighted by molar-refractivity contribution is 7.18. The van der Waals surface area contributed by atoms with E-state index < -0.39 is 17.7 Å². The molecule has 1 aliphatic heterocycles. The normalized spacial score (nSPS) is 17.0. The monoisotopic (exact) mass is 504 g/mol. The largest absolute Gasteiger partial charge is 0.507 e. The zero-order valence-corrected chi connectivity index (χ0v) is 21.3. The number of carbonyl (C=O) groups excluding carboxylic acids is 3. The third-order valence-corrected chi connectivity index (χ3v) is 7.25. The van der Waals surface area contributed by atoms with Gasteiger partial charge < -0.3 is 9.84 Å². The third kappa shape index (κ3) is 4.95. The first-order valence-electron chi connectivity index (χ1n) is 11.9. The second kappa shape index (κ2) is 10.9. The van der Waals surface area contributed by atoms with E-state index in [0.717, 1.165) is 30.6 Å². The van der Waals surface area contributed by atoms with Crippen molar-refractivity contribution in [1.29, 1.82) is 0 Å². The molecular formula is C28H28N2O5S. The molecule has 1 unspecified atom stereocenters. The van der Waals surface area contributed by atoms with Gasteiger partial charge in [0, 0.05) is 12.5 Å². The number of anilines is 1. The van der Waals surface area contributed by atoms with E-state index in [1.54, 1.807) is 55.5 Å². The Balaban J connectivity index is 1.85. The zero-order valence-electron chi connectivity index (χ0n) is 20.5. The van der Waals surface area contributed by atoms with Crippen LogP contribution in [-0.2, 0) is 9.59 Å². The number of amides is 1. The molecule has 36 heavy (non-hydrogen) atoms. The molecule has 1 atom stereocenters. The molecule has 0 aliphatic carbocycles. The lowest BCUT2D eigenvalue weighted by molar-refractivity contribution is -0.132.